The van der Waals surface area contributed by atoms with Gasteiger partial charge in [-0.15, -0.1) is 0 Å². The highest BCUT2D eigenvalue weighted by Crippen LogP contribution is 2.34. The summed E-state index contributed by atoms with van der Waals surface area (Å²) >= 11 is 1.78. The van der Waals surface area contributed by atoms with Gasteiger partial charge in [0.2, 0.25) is 0 Å². The molecule has 17 heavy (non-hydrogen) atoms. The first kappa shape index (κ1) is 11.0. The molecule has 3 nitrogen and oxygen atoms in total. The van der Waals surface area contributed by atoms with Gasteiger partial charge in [-0.3, -0.25) is 4.90 Å². The molecule has 2 aromatic heterocycles. The zero-order valence-electron chi connectivity index (χ0n) is 9.93. The van der Waals surface area contributed by atoms with Gasteiger partial charge in [0.1, 0.15) is 0 Å². The highest BCUT2D eigenvalue weighted by atomic mass is 32.1. The number of nitrogens with zero attached hydrogens (tertiary/aromatic N) is 2. The first-order chi connectivity index (χ1) is 8.33. The molecule has 4 heteroatoms. The normalized spacial score (nSPS) is 21.1. The zero-order chi connectivity index (χ0) is 11.7. The van der Waals surface area contributed by atoms with Crippen molar-refractivity contribution in [1.29, 1.82) is 0 Å². The molecule has 3 heterocycles. The molecule has 2 aromatic rings. The first-order valence-electron chi connectivity index (χ1n) is 6.01. The summed E-state index contributed by atoms with van der Waals surface area (Å²) in [6.45, 7) is 3.99. The van der Waals surface area contributed by atoms with Crippen molar-refractivity contribution in [3.63, 3.8) is 0 Å². The molecule has 1 aliphatic rings. The predicted octanol–water partition coefficient (Wildman–Crippen LogP) is 3.38. The average molecular weight is 248 g/mol. The van der Waals surface area contributed by atoms with Crippen LogP contribution in [-0.4, -0.2) is 16.6 Å². The number of rotatable bonds is 3. The zero-order valence-corrected chi connectivity index (χ0v) is 10.7. The van der Waals surface area contributed by atoms with E-state index in [9.17, 15) is 0 Å². The van der Waals surface area contributed by atoms with Gasteiger partial charge in [0.05, 0.1) is 12.2 Å². The lowest BCUT2D eigenvalue weighted by Gasteiger charge is -2.22. The molecule has 0 amide bonds. The standard InChI is InChI=1S/C13H16N2OS/c1-10-7-12(16-14-10)8-15-5-2-3-13(15)11-4-6-17-9-11/h4,6-7,9,13H,2-3,5,8H2,1H3/t13-/m0/s1. The monoisotopic (exact) mass is 248 g/mol. The van der Waals surface area contributed by atoms with Crippen LogP contribution in [0.15, 0.2) is 27.4 Å². The van der Waals surface area contributed by atoms with Crippen LogP contribution in [0.25, 0.3) is 0 Å². The summed E-state index contributed by atoms with van der Waals surface area (Å²) < 4.78 is 5.30. The smallest absolute Gasteiger partial charge is 0.150 e. The molecule has 0 radical (unpaired) electrons. The van der Waals surface area contributed by atoms with Gasteiger partial charge < -0.3 is 4.52 Å². The van der Waals surface area contributed by atoms with E-state index in [0.717, 1.165) is 24.5 Å². The summed E-state index contributed by atoms with van der Waals surface area (Å²) in [6.07, 6.45) is 2.53. The molecule has 3 rings (SSSR count). The molecule has 0 aliphatic carbocycles. The molecular weight excluding hydrogens is 232 g/mol. The van der Waals surface area contributed by atoms with Crippen molar-refractivity contribution in [3.8, 4) is 0 Å². The topological polar surface area (TPSA) is 29.3 Å². The molecule has 0 unspecified atom stereocenters. The lowest BCUT2D eigenvalue weighted by Crippen LogP contribution is -2.22. The molecule has 1 saturated heterocycles. The summed E-state index contributed by atoms with van der Waals surface area (Å²) in [5, 5.41) is 8.36. The Morgan fingerprint density at radius 3 is 3.24 bits per heavy atom. The highest BCUT2D eigenvalue weighted by Gasteiger charge is 2.27. The number of thiophene rings is 1. The van der Waals surface area contributed by atoms with Crippen molar-refractivity contribution in [2.75, 3.05) is 6.54 Å². The molecule has 90 valence electrons. The third-order valence-corrected chi connectivity index (χ3v) is 4.03. The summed E-state index contributed by atoms with van der Waals surface area (Å²) in [5.41, 5.74) is 2.41. The Morgan fingerprint density at radius 2 is 2.53 bits per heavy atom. The second kappa shape index (κ2) is 4.63. The van der Waals surface area contributed by atoms with Crippen molar-refractivity contribution in [1.82, 2.24) is 10.1 Å². The molecule has 1 fully saturated rings. The Bertz CT molecular complexity index is 477. The van der Waals surface area contributed by atoms with E-state index >= 15 is 0 Å². The van der Waals surface area contributed by atoms with Gasteiger partial charge in [0.15, 0.2) is 5.76 Å². The minimum Gasteiger partial charge on any atom is -0.360 e. The average Bonchev–Trinajstić information content (AvgIpc) is 3.00. The maximum Gasteiger partial charge on any atom is 0.150 e. The molecule has 1 aliphatic heterocycles. The van der Waals surface area contributed by atoms with Gasteiger partial charge in [-0.2, -0.15) is 11.3 Å². The molecule has 0 aromatic carbocycles. The number of hydrogen-bond acceptors (Lipinski definition) is 4. The Kier molecular flexibility index (Phi) is 2.99. The van der Waals surface area contributed by atoms with Crippen LogP contribution in [0, 0.1) is 6.92 Å². The SMILES string of the molecule is Cc1cc(CN2CCC[C@H]2c2ccsc2)on1. The van der Waals surface area contributed by atoms with E-state index in [4.69, 9.17) is 4.52 Å². The van der Waals surface area contributed by atoms with Crippen LogP contribution in [0.3, 0.4) is 0 Å². The number of hydrogen-bond donors (Lipinski definition) is 0. The first-order valence-corrected chi connectivity index (χ1v) is 6.95. The maximum atomic E-state index is 5.30. The minimum atomic E-state index is 0.562. The molecular formula is C13H16N2OS. The van der Waals surface area contributed by atoms with Crippen molar-refractivity contribution >= 4 is 11.3 Å². The number of aromatic nitrogens is 1. The lowest BCUT2D eigenvalue weighted by molar-refractivity contribution is 0.217. The van der Waals surface area contributed by atoms with Crippen molar-refractivity contribution < 1.29 is 4.52 Å². The van der Waals surface area contributed by atoms with Crippen LogP contribution < -0.4 is 0 Å². The van der Waals surface area contributed by atoms with E-state index < -0.39 is 0 Å². The fraction of sp³-hybridized carbons (Fsp3) is 0.462. The van der Waals surface area contributed by atoms with Gasteiger partial charge >= 0.3 is 0 Å². The summed E-state index contributed by atoms with van der Waals surface area (Å²) in [4.78, 5) is 2.49. The largest absolute Gasteiger partial charge is 0.360 e. The predicted molar refractivity (Wildman–Crippen MR) is 67.9 cm³/mol. The molecule has 0 saturated carbocycles. The van der Waals surface area contributed by atoms with Crippen molar-refractivity contribution in [2.24, 2.45) is 0 Å². The maximum absolute atomic E-state index is 5.30. The number of aryl methyl sites for hydroxylation is 1. The van der Waals surface area contributed by atoms with Crippen LogP contribution in [0.2, 0.25) is 0 Å². The number of likely N-dealkylation sites (tertiary alicyclic amines) is 1. The van der Waals surface area contributed by atoms with E-state index in [1.807, 2.05) is 13.0 Å². The highest BCUT2D eigenvalue weighted by molar-refractivity contribution is 7.07. The second-order valence-corrected chi connectivity index (χ2v) is 5.40. The molecule has 0 bridgehead atoms. The van der Waals surface area contributed by atoms with Gasteiger partial charge in [-0.25, -0.2) is 0 Å². The van der Waals surface area contributed by atoms with Gasteiger partial charge in [0.25, 0.3) is 0 Å². The van der Waals surface area contributed by atoms with Crippen LogP contribution in [0.1, 0.15) is 35.9 Å². The summed E-state index contributed by atoms with van der Waals surface area (Å²) in [5.74, 6) is 0.977. The lowest BCUT2D eigenvalue weighted by atomic mass is 10.1. The Morgan fingerprint density at radius 1 is 1.59 bits per heavy atom. The van der Waals surface area contributed by atoms with Crippen LogP contribution in [-0.2, 0) is 6.54 Å². The van der Waals surface area contributed by atoms with Gasteiger partial charge in [-0.05, 0) is 48.7 Å². The Hall–Kier alpha value is -1.13. The fourth-order valence-electron chi connectivity index (χ4n) is 2.55. The second-order valence-electron chi connectivity index (χ2n) is 4.62. The minimum absolute atomic E-state index is 0.562. The van der Waals surface area contributed by atoms with Crippen molar-refractivity contribution in [3.05, 3.63) is 39.9 Å². The third-order valence-electron chi connectivity index (χ3n) is 3.33. The van der Waals surface area contributed by atoms with E-state index in [0.29, 0.717) is 6.04 Å². The van der Waals surface area contributed by atoms with Crippen molar-refractivity contribution in [2.45, 2.75) is 32.4 Å². The quantitative estimate of drug-likeness (QED) is 0.834. The van der Waals surface area contributed by atoms with Gasteiger partial charge in [-0.1, -0.05) is 5.16 Å². The molecule has 0 N–H and O–H groups in total. The van der Waals surface area contributed by atoms with E-state index in [2.05, 4.69) is 26.9 Å². The van der Waals surface area contributed by atoms with Crippen LogP contribution >= 0.6 is 11.3 Å². The van der Waals surface area contributed by atoms with Crippen LogP contribution in [0.5, 0.6) is 0 Å². The third kappa shape index (κ3) is 2.28. The summed E-state index contributed by atoms with van der Waals surface area (Å²) in [6, 6.07) is 4.83. The van der Waals surface area contributed by atoms with Crippen LogP contribution in [0.4, 0.5) is 0 Å². The Balaban J connectivity index is 1.74. The van der Waals surface area contributed by atoms with E-state index in [1.165, 1.54) is 18.4 Å². The summed E-state index contributed by atoms with van der Waals surface area (Å²) in [7, 11) is 0. The fourth-order valence-corrected chi connectivity index (χ4v) is 3.26. The molecule has 1 atom stereocenters. The van der Waals surface area contributed by atoms with E-state index in [-0.39, 0.29) is 0 Å². The van der Waals surface area contributed by atoms with E-state index in [1.54, 1.807) is 11.3 Å². The Labute approximate surface area is 105 Å². The molecule has 0 spiro atoms. The van der Waals surface area contributed by atoms with Gasteiger partial charge in [0, 0.05) is 12.1 Å².